The third-order valence-corrected chi connectivity index (χ3v) is 6.61. The standard InChI is InChI=1S/C20H28N6O2S/c1-2-26-8-5-17(22-26)19(28)25-7-3-4-16(15-25)14-18(27)23-9-11-24(12-10-23)20-21-6-13-29-20/h5-6,8,13,16H,2-4,7,9-12,14-15H2,1H3/t16-/m1/s1. The Bertz CT molecular complexity index is 828. The van der Waals surface area contributed by atoms with E-state index >= 15 is 0 Å². The van der Waals surface area contributed by atoms with Crippen molar-refractivity contribution >= 4 is 28.3 Å². The van der Waals surface area contributed by atoms with Crippen molar-refractivity contribution in [3.8, 4) is 0 Å². The zero-order chi connectivity index (χ0) is 20.2. The van der Waals surface area contributed by atoms with E-state index in [4.69, 9.17) is 0 Å². The van der Waals surface area contributed by atoms with Crippen LogP contribution in [0.5, 0.6) is 0 Å². The fourth-order valence-corrected chi connectivity index (χ4v) is 4.82. The summed E-state index contributed by atoms with van der Waals surface area (Å²) < 4.78 is 1.77. The number of carbonyl (C=O) groups is 2. The van der Waals surface area contributed by atoms with Gasteiger partial charge in [0.25, 0.3) is 5.91 Å². The largest absolute Gasteiger partial charge is 0.345 e. The van der Waals surface area contributed by atoms with Gasteiger partial charge in [0.1, 0.15) is 5.69 Å². The van der Waals surface area contributed by atoms with Gasteiger partial charge in [-0.15, -0.1) is 11.3 Å². The Labute approximate surface area is 175 Å². The zero-order valence-corrected chi connectivity index (χ0v) is 17.7. The molecular formula is C20H28N6O2S. The fraction of sp³-hybridized carbons (Fsp3) is 0.600. The minimum Gasteiger partial charge on any atom is -0.345 e. The summed E-state index contributed by atoms with van der Waals surface area (Å²) in [5, 5.41) is 7.35. The molecule has 9 heteroatoms. The number of piperazine rings is 1. The highest BCUT2D eigenvalue weighted by Gasteiger charge is 2.29. The number of aromatic nitrogens is 3. The molecule has 0 aromatic carbocycles. The maximum absolute atomic E-state index is 12.8. The van der Waals surface area contributed by atoms with E-state index in [2.05, 4.69) is 15.0 Å². The molecule has 4 rings (SSSR count). The summed E-state index contributed by atoms with van der Waals surface area (Å²) in [5.74, 6) is 0.412. The second-order valence-corrected chi connectivity index (χ2v) is 8.58. The Morgan fingerprint density at radius 2 is 2.00 bits per heavy atom. The van der Waals surface area contributed by atoms with Crippen LogP contribution in [0.4, 0.5) is 5.13 Å². The van der Waals surface area contributed by atoms with Crippen LogP contribution in [0.1, 0.15) is 36.7 Å². The van der Waals surface area contributed by atoms with Crippen LogP contribution in [0.25, 0.3) is 0 Å². The highest BCUT2D eigenvalue weighted by atomic mass is 32.1. The van der Waals surface area contributed by atoms with E-state index in [0.717, 1.165) is 57.2 Å². The SMILES string of the molecule is CCn1ccc(C(=O)N2CCC[C@H](CC(=O)N3CCN(c4nccs4)CC3)C2)n1. The molecule has 2 saturated heterocycles. The fourth-order valence-electron chi connectivity index (χ4n) is 4.13. The lowest BCUT2D eigenvalue weighted by Crippen LogP contribution is -2.49. The molecule has 156 valence electrons. The minimum absolute atomic E-state index is 0.0218. The summed E-state index contributed by atoms with van der Waals surface area (Å²) in [6.07, 6.45) is 6.11. The molecule has 2 aromatic rings. The monoisotopic (exact) mass is 416 g/mol. The van der Waals surface area contributed by atoms with Crippen LogP contribution in [0.15, 0.2) is 23.8 Å². The average Bonchev–Trinajstić information content (AvgIpc) is 3.45. The lowest BCUT2D eigenvalue weighted by Gasteiger charge is -2.37. The van der Waals surface area contributed by atoms with Crippen molar-refractivity contribution in [3.05, 3.63) is 29.5 Å². The maximum atomic E-state index is 12.8. The second kappa shape index (κ2) is 8.94. The van der Waals surface area contributed by atoms with E-state index in [1.165, 1.54) is 0 Å². The number of hydrogen-bond acceptors (Lipinski definition) is 6. The second-order valence-electron chi connectivity index (χ2n) is 7.70. The van der Waals surface area contributed by atoms with Crippen molar-refractivity contribution in [2.45, 2.75) is 32.7 Å². The summed E-state index contributed by atoms with van der Waals surface area (Å²) in [6.45, 7) is 7.27. The molecule has 1 atom stereocenters. The molecule has 0 bridgehead atoms. The van der Waals surface area contributed by atoms with E-state index in [-0.39, 0.29) is 17.7 Å². The molecule has 2 aromatic heterocycles. The van der Waals surface area contributed by atoms with E-state index in [1.807, 2.05) is 34.5 Å². The molecule has 0 saturated carbocycles. The van der Waals surface area contributed by atoms with Gasteiger partial charge in [-0.2, -0.15) is 5.10 Å². The van der Waals surface area contributed by atoms with Gasteiger partial charge in [-0.1, -0.05) is 0 Å². The van der Waals surface area contributed by atoms with E-state index in [9.17, 15) is 9.59 Å². The Balaban J connectivity index is 1.28. The molecule has 0 radical (unpaired) electrons. The molecule has 2 aliphatic rings. The predicted octanol–water partition coefficient (Wildman–Crippen LogP) is 1.95. The van der Waals surface area contributed by atoms with Gasteiger partial charge in [-0.3, -0.25) is 14.3 Å². The molecule has 0 N–H and O–H groups in total. The Morgan fingerprint density at radius 3 is 2.69 bits per heavy atom. The van der Waals surface area contributed by atoms with Crippen molar-refractivity contribution in [1.82, 2.24) is 24.6 Å². The number of amides is 2. The Morgan fingerprint density at radius 1 is 1.17 bits per heavy atom. The molecule has 0 unspecified atom stereocenters. The van der Waals surface area contributed by atoms with Crippen molar-refractivity contribution in [2.75, 3.05) is 44.2 Å². The Hall–Kier alpha value is -2.42. The lowest BCUT2D eigenvalue weighted by atomic mass is 9.94. The van der Waals surface area contributed by atoms with Crippen LogP contribution < -0.4 is 4.90 Å². The smallest absolute Gasteiger partial charge is 0.274 e. The maximum Gasteiger partial charge on any atom is 0.274 e. The van der Waals surface area contributed by atoms with E-state index < -0.39 is 0 Å². The van der Waals surface area contributed by atoms with Crippen LogP contribution in [0.3, 0.4) is 0 Å². The van der Waals surface area contributed by atoms with Gasteiger partial charge in [-0.05, 0) is 31.7 Å². The first-order valence-electron chi connectivity index (χ1n) is 10.4. The average molecular weight is 417 g/mol. The van der Waals surface area contributed by atoms with Gasteiger partial charge in [-0.25, -0.2) is 4.98 Å². The van der Waals surface area contributed by atoms with Crippen molar-refractivity contribution in [1.29, 1.82) is 0 Å². The number of rotatable bonds is 5. The first-order chi connectivity index (χ1) is 14.1. The van der Waals surface area contributed by atoms with Crippen LogP contribution in [0.2, 0.25) is 0 Å². The van der Waals surface area contributed by atoms with Crippen LogP contribution in [0, 0.1) is 5.92 Å². The highest BCUT2D eigenvalue weighted by Crippen LogP contribution is 2.23. The van der Waals surface area contributed by atoms with Gasteiger partial charge in [0, 0.05) is 70.0 Å². The summed E-state index contributed by atoms with van der Waals surface area (Å²) in [5.41, 5.74) is 0.497. The first kappa shape index (κ1) is 19.9. The number of piperidine rings is 1. The first-order valence-corrected chi connectivity index (χ1v) is 11.3. The number of hydrogen-bond donors (Lipinski definition) is 0. The van der Waals surface area contributed by atoms with Gasteiger partial charge in [0.15, 0.2) is 5.13 Å². The molecule has 2 fully saturated rings. The number of likely N-dealkylation sites (tertiary alicyclic amines) is 1. The summed E-state index contributed by atoms with van der Waals surface area (Å²) in [4.78, 5) is 36.0. The van der Waals surface area contributed by atoms with Gasteiger partial charge < -0.3 is 14.7 Å². The minimum atomic E-state index is -0.0218. The topological polar surface area (TPSA) is 74.6 Å². The van der Waals surface area contributed by atoms with Crippen molar-refractivity contribution in [2.24, 2.45) is 5.92 Å². The summed E-state index contributed by atoms with van der Waals surface area (Å²) >= 11 is 1.64. The molecule has 0 aliphatic carbocycles. The quantitative estimate of drug-likeness (QED) is 0.745. The normalized spacial score (nSPS) is 20.2. The van der Waals surface area contributed by atoms with Crippen LogP contribution in [-0.4, -0.2) is 75.6 Å². The van der Waals surface area contributed by atoms with Gasteiger partial charge in [0.2, 0.25) is 5.91 Å². The molecule has 2 amide bonds. The number of nitrogens with zero attached hydrogens (tertiary/aromatic N) is 6. The number of aryl methyl sites for hydroxylation is 1. The van der Waals surface area contributed by atoms with Crippen molar-refractivity contribution < 1.29 is 9.59 Å². The van der Waals surface area contributed by atoms with Crippen LogP contribution >= 0.6 is 11.3 Å². The number of thiazole rings is 1. The van der Waals surface area contributed by atoms with Gasteiger partial charge in [0.05, 0.1) is 0 Å². The predicted molar refractivity (Wildman–Crippen MR) is 112 cm³/mol. The van der Waals surface area contributed by atoms with E-state index in [0.29, 0.717) is 18.7 Å². The highest BCUT2D eigenvalue weighted by molar-refractivity contribution is 7.13. The summed E-state index contributed by atoms with van der Waals surface area (Å²) in [6, 6.07) is 1.78. The van der Waals surface area contributed by atoms with Crippen molar-refractivity contribution in [3.63, 3.8) is 0 Å². The van der Waals surface area contributed by atoms with E-state index in [1.54, 1.807) is 22.1 Å². The molecule has 8 nitrogen and oxygen atoms in total. The van der Waals surface area contributed by atoms with Crippen LogP contribution in [-0.2, 0) is 11.3 Å². The zero-order valence-electron chi connectivity index (χ0n) is 16.9. The summed E-state index contributed by atoms with van der Waals surface area (Å²) in [7, 11) is 0. The molecular weight excluding hydrogens is 388 g/mol. The lowest BCUT2D eigenvalue weighted by molar-refractivity contribution is -0.132. The Kier molecular flexibility index (Phi) is 6.13. The third-order valence-electron chi connectivity index (χ3n) is 5.78. The molecule has 2 aliphatic heterocycles. The number of carbonyl (C=O) groups excluding carboxylic acids is 2. The third kappa shape index (κ3) is 4.60. The van der Waals surface area contributed by atoms with Gasteiger partial charge >= 0.3 is 0 Å². The molecule has 29 heavy (non-hydrogen) atoms. The molecule has 4 heterocycles. The number of anilines is 1. The molecule has 0 spiro atoms.